The summed E-state index contributed by atoms with van der Waals surface area (Å²) in [6.45, 7) is 3.88. The fraction of sp³-hybridized carbons (Fsp3) is 0.588. The molecule has 0 radical (unpaired) electrons. The number of ether oxygens (including phenoxy) is 1. The molecular weight excluding hydrogens is 312 g/mol. The quantitative estimate of drug-likeness (QED) is 0.872. The molecule has 3 heterocycles. The summed E-state index contributed by atoms with van der Waals surface area (Å²) in [5.74, 6) is 0.127. The van der Waals surface area contributed by atoms with Gasteiger partial charge in [-0.3, -0.25) is 9.59 Å². The number of hydrogen-bond acceptors (Lipinski definition) is 5. The van der Waals surface area contributed by atoms with Gasteiger partial charge < -0.3 is 19.4 Å². The van der Waals surface area contributed by atoms with Gasteiger partial charge in [0.05, 0.1) is 0 Å². The van der Waals surface area contributed by atoms with Gasteiger partial charge in [0.25, 0.3) is 5.91 Å². The molecule has 24 heavy (non-hydrogen) atoms. The minimum Gasteiger partial charge on any atom is -0.424 e. The molecule has 1 atom stereocenters. The van der Waals surface area contributed by atoms with E-state index in [0.29, 0.717) is 37.4 Å². The number of carbonyl (C=O) groups is 2. The maximum atomic E-state index is 12.3. The van der Waals surface area contributed by atoms with Gasteiger partial charge >= 0.3 is 5.63 Å². The van der Waals surface area contributed by atoms with E-state index in [1.165, 1.54) is 0 Å². The third-order valence-electron chi connectivity index (χ3n) is 4.48. The van der Waals surface area contributed by atoms with Crippen LogP contribution in [0.5, 0.6) is 0 Å². The first-order valence-corrected chi connectivity index (χ1v) is 8.38. The zero-order chi connectivity index (χ0) is 17.1. The van der Waals surface area contributed by atoms with Crippen molar-refractivity contribution in [2.75, 3.05) is 26.2 Å². The highest BCUT2D eigenvalue weighted by molar-refractivity contribution is 5.95. The largest absolute Gasteiger partial charge is 0.424 e. The molecule has 2 fully saturated rings. The van der Waals surface area contributed by atoms with E-state index in [2.05, 4.69) is 5.32 Å². The van der Waals surface area contributed by atoms with Gasteiger partial charge in [-0.15, -0.1) is 0 Å². The predicted octanol–water partition coefficient (Wildman–Crippen LogP) is 1.15. The fourth-order valence-electron chi connectivity index (χ4n) is 3.20. The molecule has 0 aliphatic carbocycles. The average Bonchev–Trinajstić information content (AvgIpc) is 3.19. The number of likely N-dealkylation sites (tertiary alicyclic amines) is 1. The van der Waals surface area contributed by atoms with Crippen LogP contribution in [0.2, 0.25) is 0 Å². The van der Waals surface area contributed by atoms with E-state index in [4.69, 9.17) is 9.15 Å². The standard InChI is InChI=1S/C17H22N2O5/c1-11-10-13(12-4-3-9-23-12)24-17(22)15(11)16(21)18-6-8-19-7-2-5-14(19)20/h10,12H,2-9H2,1H3,(H,18,21). The van der Waals surface area contributed by atoms with Crippen LogP contribution in [0.3, 0.4) is 0 Å². The van der Waals surface area contributed by atoms with E-state index in [9.17, 15) is 14.4 Å². The minimum atomic E-state index is -0.643. The van der Waals surface area contributed by atoms with E-state index in [0.717, 1.165) is 25.8 Å². The molecule has 0 spiro atoms. The number of nitrogens with one attached hydrogen (secondary N) is 1. The Hall–Kier alpha value is -2.15. The summed E-state index contributed by atoms with van der Waals surface area (Å²) in [6.07, 6.45) is 2.99. The zero-order valence-corrected chi connectivity index (χ0v) is 13.8. The zero-order valence-electron chi connectivity index (χ0n) is 13.8. The molecular formula is C17H22N2O5. The van der Waals surface area contributed by atoms with Crippen LogP contribution in [-0.2, 0) is 9.53 Å². The van der Waals surface area contributed by atoms with Crippen LogP contribution in [0, 0.1) is 6.92 Å². The summed E-state index contributed by atoms with van der Waals surface area (Å²) in [5.41, 5.74) is -0.0498. The van der Waals surface area contributed by atoms with Crippen molar-refractivity contribution in [3.05, 3.63) is 33.4 Å². The second-order valence-corrected chi connectivity index (χ2v) is 6.24. The van der Waals surface area contributed by atoms with Crippen molar-refractivity contribution in [2.24, 2.45) is 0 Å². The number of rotatable bonds is 5. The Kier molecular flexibility index (Phi) is 4.99. The van der Waals surface area contributed by atoms with Gasteiger partial charge in [0, 0.05) is 32.7 Å². The lowest BCUT2D eigenvalue weighted by Gasteiger charge is -2.16. The van der Waals surface area contributed by atoms with Crippen LogP contribution in [0.1, 0.15) is 53.5 Å². The summed E-state index contributed by atoms with van der Waals surface area (Å²) >= 11 is 0. The predicted molar refractivity (Wildman–Crippen MR) is 85.8 cm³/mol. The lowest BCUT2D eigenvalue weighted by atomic mass is 10.1. The Morgan fingerprint density at radius 3 is 2.83 bits per heavy atom. The van der Waals surface area contributed by atoms with Crippen molar-refractivity contribution < 1.29 is 18.7 Å². The Labute approximate surface area is 140 Å². The molecule has 2 amide bonds. The van der Waals surface area contributed by atoms with Gasteiger partial charge in [-0.25, -0.2) is 4.79 Å². The molecule has 1 aromatic heterocycles. The summed E-state index contributed by atoms with van der Waals surface area (Å²) in [7, 11) is 0. The monoisotopic (exact) mass is 334 g/mol. The van der Waals surface area contributed by atoms with Crippen molar-refractivity contribution in [1.29, 1.82) is 0 Å². The second kappa shape index (κ2) is 7.17. The number of hydrogen-bond donors (Lipinski definition) is 1. The van der Waals surface area contributed by atoms with E-state index < -0.39 is 11.5 Å². The lowest BCUT2D eigenvalue weighted by Crippen LogP contribution is -2.37. The van der Waals surface area contributed by atoms with Gasteiger partial charge in [-0.1, -0.05) is 0 Å². The Bertz CT molecular complexity index is 691. The molecule has 1 unspecified atom stereocenters. The van der Waals surface area contributed by atoms with E-state index in [1.54, 1.807) is 17.9 Å². The molecule has 1 aromatic rings. The molecule has 7 heteroatoms. The minimum absolute atomic E-state index is 0.0181. The highest BCUT2D eigenvalue weighted by Crippen LogP contribution is 2.28. The van der Waals surface area contributed by atoms with Crippen molar-refractivity contribution >= 4 is 11.8 Å². The topological polar surface area (TPSA) is 88.8 Å². The average molecular weight is 334 g/mol. The van der Waals surface area contributed by atoms with Gasteiger partial charge in [-0.05, 0) is 37.8 Å². The molecule has 7 nitrogen and oxygen atoms in total. The molecule has 2 saturated heterocycles. The van der Waals surface area contributed by atoms with Crippen LogP contribution < -0.4 is 10.9 Å². The van der Waals surface area contributed by atoms with Crippen LogP contribution >= 0.6 is 0 Å². The Morgan fingerprint density at radius 1 is 1.38 bits per heavy atom. The molecule has 1 N–H and O–H groups in total. The van der Waals surface area contributed by atoms with Crippen molar-refractivity contribution in [3.8, 4) is 0 Å². The second-order valence-electron chi connectivity index (χ2n) is 6.24. The maximum Gasteiger partial charge on any atom is 0.349 e. The summed E-state index contributed by atoms with van der Waals surface area (Å²) < 4.78 is 10.8. The van der Waals surface area contributed by atoms with E-state index in [1.807, 2.05) is 0 Å². The Balaban J connectivity index is 1.63. The highest BCUT2D eigenvalue weighted by atomic mass is 16.5. The molecule has 0 aromatic carbocycles. The third-order valence-corrected chi connectivity index (χ3v) is 4.48. The molecule has 3 rings (SSSR count). The fourth-order valence-corrected chi connectivity index (χ4v) is 3.20. The van der Waals surface area contributed by atoms with Crippen LogP contribution in [0.25, 0.3) is 0 Å². The summed E-state index contributed by atoms with van der Waals surface area (Å²) in [5, 5.41) is 2.69. The lowest BCUT2D eigenvalue weighted by molar-refractivity contribution is -0.127. The summed E-state index contributed by atoms with van der Waals surface area (Å²) in [4.78, 5) is 37.7. The SMILES string of the molecule is Cc1cc(C2CCCO2)oc(=O)c1C(=O)NCCN1CCCC1=O. The van der Waals surface area contributed by atoms with Crippen LogP contribution in [0.15, 0.2) is 15.3 Å². The first-order chi connectivity index (χ1) is 11.6. The van der Waals surface area contributed by atoms with Crippen molar-refractivity contribution in [2.45, 2.75) is 38.7 Å². The summed E-state index contributed by atoms with van der Waals surface area (Å²) in [6, 6.07) is 1.70. The van der Waals surface area contributed by atoms with Crippen LogP contribution in [0.4, 0.5) is 0 Å². The van der Waals surface area contributed by atoms with Crippen molar-refractivity contribution in [1.82, 2.24) is 10.2 Å². The molecule has 130 valence electrons. The van der Waals surface area contributed by atoms with Gasteiger partial charge in [0.15, 0.2) is 0 Å². The molecule has 0 bridgehead atoms. The van der Waals surface area contributed by atoms with Crippen molar-refractivity contribution in [3.63, 3.8) is 0 Å². The molecule has 2 aliphatic rings. The Morgan fingerprint density at radius 2 is 2.21 bits per heavy atom. The molecule has 0 saturated carbocycles. The first-order valence-electron chi connectivity index (χ1n) is 8.38. The van der Waals surface area contributed by atoms with E-state index in [-0.39, 0.29) is 17.6 Å². The van der Waals surface area contributed by atoms with E-state index >= 15 is 0 Å². The first kappa shape index (κ1) is 16.7. The number of carbonyl (C=O) groups excluding carboxylic acids is 2. The third kappa shape index (κ3) is 3.51. The van der Waals surface area contributed by atoms with Crippen LogP contribution in [-0.4, -0.2) is 43.0 Å². The molecule has 2 aliphatic heterocycles. The maximum absolute atomic E-state index is 12.3. The normalized spacial score (nSPS) is 20.6. The number of nitrogens with zero attached hydrogens (tertiary/aromatic N) is 1. The van der Waals surface area contributed by atoms with Gasteiger partial charge in [-0.2, -0.15) is 0 Å². The van der Waals surface area contributed by atoms with Gasteiger partial charge in [0.2, 0.25) is 5.91 Å². The van der Waals surface area contributed by atoms with Gasteiger partial charge in [0.1, 0.15) is 17.4 Å². The highest BCUT2D eigenvalue weighted by Gasteiger charge is 2.24. The number of aryl methyl sites for hydroxylation is 1. The smallest absolute Gasteiger partial charge is 0.349 e. The number of amides is 2.